The number of nitrogens with zero attached hydrogens (tertiary/aromatic N) is 1. The van der Waals surface area contributed by atoms with Crippen LogP contribution in [-0.4, -0.2) is 18.9 Å². The minimum atomic E-state index is -4.79. The van der Waals surface area contributed by atoms with Gasteiger partial charge < -0.3 is 20.5 Å². The minimum absolute atomic E-state index is 0.0229. The molecule has 0 amide bonds. The summed E-state index contributed by atoms with van der Waals surface area (Å²) in [7, 11) is 0. The van der Waals surface area contributed by atoms with Gasteiger partial charge in [0.05, 0.1) is 18.8 Å². The van der Waals surface area contributed by atoms with Crippen LogP contribution in [0.3, 0.4) is 0 Å². The molecule has 0 heterocycles. The Kier molecular flexibility index (Phi) is 5.73. The molecule has 5 nitrogen and oxygen atoms in total. The molecule has 0 unspecified atom stereocenters. The van der Waals surface area contributed by atoms with Crippen molar-refractivity contribution < 1.29 is 22.6 Å². The average Bonchev–Trinajstić information content (AvgIpc) is 3.44. The number of anilines is 1. The molecular formula is C19H20F3N3O2. The van der Waals surface area contributed by atoms with Gasteiger partial charge in [0.15, 0.2) is 11.7 Å². The van der Waals surface area contributed by atoms with Gasteiger partial charge in [-0.3, -0.25) is 0 Å². The first-order valence-electron chi connectivity index (χ1n) is 8.53. The number of nitrogens with two attached hydrogens (primary N) is 1. The molecule has 3 N–H and O–H groups in total. The maximum atomic E-state index is 12.5. The number of hydrogen-bond donors (Lipinski definition) is 2. The monoisotopic (exact) mass is 379 g/mol. The van der Waals surface area contributed by atoms with Crippen LogP contribution >= 0.6 is 0 Å². The summed E-state index contributed by atoms with van der Waals surface area (Å²) in [6.07, 6.45) is -2.41. The van der Waals surface area contributed by atoms with Gasteiger partial charge in [0.2, 0.25) is 0 Å². The van der Waals surface area contributed by atoms with Gasteiger partial charge in [0, 0.05) is 5.56 Å². The summed E-state index contributed by atoms with van der Waals surface area (Å²) in [5, 5.41) is 2.64. The molecule has 1 fully saturated rings. The largest absolute Gasteiger partial charge is 0.573 e. The maximum Gasteiger partial charge on any atom is 0.573 e. The first kappa shape index (κ1) is 18.9. The first-order chi connectivity index (χ1) is 12.9. The fourth-order valence-electron chi connectivity index (χ4n) is 2.40. The third kappa shape index (κ3) is 6.09. The van der Waals surface area contributed by atoms with Gasteiger partial charge in [-0.05, 0) is 37.0 Å². The Balaban J connectivity index is 1.65. The molecule has 1 saturated carbocycles. The molecule has 0 radical (unpaired) electrons. The van der Waals surface area contributed by atoms with Crippen molar-refractivity contribution in [3.63, 3.8) is 0 Å². The predicted molar refractivity (Wildman–Crippen MR) is 96.7 cm³/mol. The number of hydrogen-bond acceptors (Lipinski definition) is 3. The molecule has 144 valence electrons. The van der Waals surface area contributed by atoms with E-state index in [0.717, 1.165) is 11.3 Å². The lowest BCUT2D eigenvalue weighted by molar-refractivity contribution is -0.274. The van der Waals surface area contributed by atoms with Crippen LogP contribution in [0.15, 0.2) is 53.5 Å². The molecule has 0 aliphatic heterocycles. The zero-order valence-electron chi connectivity index (χ0n) is 14.5. The smallest absolute Gasteiger partial charge is 0.493 e. The lowest BCUT2D eigenvalue weighted by Gasteiger charge is -2.14. The minimum Gasteiger partial charge on any atom is -0.493 e. The molecule has 27 heavy (non-hydrogen) atoms. The molecular weight excluding hydrogens is 359 g/mol. The lowest BCUT2D eigenvalue weighted by Crippen LogP contribution is -2.24. The maximum absolute atomic E-state index is 12.5. The van der Waals surface area contributed by atoms with Crippen LogP contribution in [-0.2, 0) is 6.54 Å². The van der Waals surface area contributed by atoms with E-state index in [4.69, 9.17) is 10.5 Å². The number of benzene rings is 2. The van der Waals surface area contributed by atoms with E-state index in [9.17, 15) is 13.2 Å². The van der Waals surface area contributed by atoms with E-state index < -0.39 is 6.36 Å². The number of halogens is 3. The summed E-state index contributed by atoms with van der Waals surface area (Å²) in [6, 6.07) is 13.1. The Bertz CT molecular complexity index is 805. The normalized spacial score (nSPS) is 14.7. The van der Waals surface area contributed by atoms with E-state index in [2.05, 4.69) is 15.0 Å². The van der Waals surface area contributed by atoms with Gasteiger partial charge in [0.1, 0.15) is 5.75 Å². The van der Waals surface area contributed by atoms with Gasteiger partial charge in [-0.15, -0.1) is 13.2 Å². The predicted octanol–water partition coefficient (Wildman–Crippen LogP) is 4.30. The Hall–Kier alpha value is -2.90. The van der Waals surface area contributed by atoms with Gasteiger partial charge >= 0.3 is 6.36 Å². The Morgan fingerprint density at radius 3 is 2.44 bits per heavy atom. The van der Waals surface area contributed by atoms with Crippen LogP contribution in [0.4, 0.5) is 18.9 Å². The van der Waals surface area contributed by atoms with Gasteiger partial charge in [-0.25, -0.2) is 4.99 Å². The molecule has 0 aromatic heterocycles. The molecule has 2 aromatic rings. The molecule has 0 atom stereocenters. The summed E-state index contributed by atoms with van der Waals surface area (Å²) in [4.78, 5) is 4.20. The van der Waals surface area contributed by atoms with Crippen molar-refractivity contribution in [2.75, 3.05) is 11.9 Å². The van der Waals surface area contributed by atoms with Crippen LogP contribution in [0.25, 0.3) is 0 Å². The number of para-hydroxylation sites is 3. The fourth-order valence-corrected chi connectivity index (χ4v) is 2.40. The fraction of sp³-hybridized carbons (Fsp3) is 0.316. The van der Waals surface area contributed by atoms with E-state index in [-0.39, 0.29) is 23.9 Å². The Morgan fingerprint density at radius 2 is 1.74 bits per heavy atom. The number of alkyl halides is 3. The van der Waals surface area contributed by atoms with Crippen LogP contribution in [0.2, 0.25) is 0 Å². The number of aliphatic imine (C=N–C) groups is 1. The molecule has 1 aliphatic carbocycles. The van der Waals surface area contributed by atoms with Gasteiger partial charge in [0.25, 0.3) is 0 Å². The summed E-state index contributed by atoms with van der Waals surface area (Å²) in [5.74, 6) is 0.960. The second-order valence-corrected chi connectivity index (χ2v) is 6.23. The molecule has 0 spiro atoms. The van der Waals surface area contributed by atoms with Crippen LogP contribution in [0, 0.1) is 5.92 Å². The van der Waals surface area contributed by atoms with E-state index in [1.54, 1.807) is 6.07 Å². The number of rotatable bonds is 7. The van der Waals surface area contributed by atoms with Gasteiger partial charge in [-0.1, -0.05) is 30.3 Å². The van der Waals surface area contributed by atoms with Crippen molar-refractivity contribution >= 4 is 11.6 Å². The van der Waals surface area contributed by atoms with Crippen LogP contribution in [0.5, 0.6) is 11.5 Å². The van der Waals surface area contributed by atoms with Crippen molar-refractivity contribution in [1.82, 2.24) is 0 Å². The molecule has 3 rings (SSSR count). The third-order valence-electron chi connectivity index (χ3n) is 3.94. The van der Waals surface area contributed by atoms with Crippen molar-refractivity contribution in [3.05, 3.63) is 54.1 Å². The topological polar surface area (TPSA) is 68.9 Å². The lowest BCUT2D eigenvalue weighted by atomic mass is 10.2. The molecule has 1 aliphatic rings. The second kappa shape index (κ2) is 8.20. The quantitative estimate of drug-likeness (QED) is 0.556. The highest BCUT2D eigenvalue weighted by Crippen LogP contribution is 2.31. The van der Waals surface area contributed by atoms with Crippen LogP contribution in [0.1, 0.15) is 18.4 Å². The molecule has 0 bridgehead atoms. The number of ether oxygens (including phenoxy) is 2. The van der Waals surface area contributed by atoms with Crippen LogP contribution < -0.4 is 20.5 Å². The van der Waals surface area contributed by atoms with E-state index in [0.29, 0.717) is 12.5 Å². The zero-order valence-corrected chi connectivity index (χ0v) is 14.5. The molecule has 2 aromatic carbocycles. The van der Waals surface area contributed by atoms with Gasteiger partial charge in [-0.2, -0.15) is 0 Å². The molecule has 8 heteroatoms. The second-order valence-electron chi connectivity index (χ2n) is 6.23. The van der Waals surface area contributed by atoms with Crippen molar-refractivity contribution in [2.45, 2.75) is 25.7 Å². The van der Waals surface area contributed by atoms with Crippen molar-refractivity contribution in [2.24, 2.45) is 16.6 Å². The highest BCUT2D eigenvalue weighted by Gasteiger charge is 2.32. The zero-order chi connectivity index (χ0) is 19.3. The Morgan fingerprint density at radius 1 is 1.07 bits per heavy atom. The highest BCUT2D eigenvalue weighted by molar-refractivity contribution is 5.93. The summed E-state index contributed by atoms with van der Waals surface area (Å²) < 4.78 is 47.2. The van der Waals surface area contributed by atoms with E-state index >= 15 is 0 Å². The summed E-state index contributed by atoms with van der Waals surface area (Å²) in [5.41, 5.74) is 6.76. The number of guanidine groups is 1. The number of nitrogens with one attached hydrogen (secondary N) is 1. The standard InChI is InChI=1S/C19H20F3N3O2/c20-19(21,22)27-17-8-4-2-6-15(17)25-18(23)24-11-14-5-1-3-7-16(14)26-12-13-9-10-13/h1-8,13H,9-12H2,(H3,23,24,25). The average molecular weight is 379 g/mol. The van der Waals surface area contributed by atoms with E-state index in [1.807, 2.05) is 24.3 Å². The summed E-state index contributed by atoms with van der Waals surface area (Å²) >= 11 is 0. The molecule has 0 saturated heterocycles. The SMILES string of the molecule is NC(=NCc1ccccc1OCC1CC1)Nc1ccccc1OC(F)(F)F. The summed E-state index contributed by atoms with van der Waals surface area (Å²) in [6.45, 7) is 0.915. The Labute approximate surface area is 155 Å². The van der Waals surface area contributed by atoms with Crippen molar-refractivity contribution in [3.8, 4) is 11.5 Å². The van der Waals surface area contributed by atoms with E-state index in [1.165, 1.54) is 31.0 Å². The third-order valence-corrected chi connectivity index (χ3v) is 3.94. The van der Waals surface area contributed by atoms with Crippen molar-refractivity contribution in [1.29, 1.82) is 0 Å². The highest BCUT2D eigenvalue weighted by atomic mass is 19.4. The first-order valence-corrected chi connectivity index (χ1v) is 8.53.